The van der Waals surface area contributed by atoms with Gasteiger partial charge in [0.15, 0.2) is 9.84 Å². The number of nitrogens with two attached hydrogens (primary N) is 1. The molecule has 1 aliphatic heterocycles. The van der Waals surface area contributed by atoms with Crippen molar-refractivity contribution in [2.24, 2.45) is 5.73 Å². The van der Waals surface area contributed by atoms with E-state index in [-0.39, 0.29) is 23.6 Å². The minimum absolute atomic E-state index is 0.0253. The van der Waals surface area contributed by atoms with E-state index >= 15 is 0 Å². The summed E-state index contributed by atoms with van der Waals surface area (Å²) in [6, 6.07) is 3.76. The molecule has 0 bridgehead atoms. The van der Waals surface area contributed by atoms with E-state index in [4.69, 9.17) is 10.2 Å². The summed E-state index contributed by atoms with van der Waals surface area (Å²) in [6.45, 7) is 4.76. The molecule has 0 aromatic carbocycles. The highest BCUT2D eigenvalue weighted by atomic mass is 32.2. The van der Waals surface area contributed by atoms with Crippen LogP contribution in [0.3, 0.4) is 0 Å². The molecule has 0 radical (unpaired) electrons. The first-order valence-electron chi connectivity index (χ1n) is 6.15. The Labute approximate surface area is 108 Å². The monoisotopic (exact) mass is 272 g/mol. The quantitative estimate of drug-likeness (QED) is 0.877. The topological polar surface area (TPSA) is 76.5 Å². The predicted octanol–water partition coefficient (Wildman–Crippen LogP) is 0.707. The molecular weight excluding hydrogens is 252 g/mol. The Morgan fingerprint density at radius 1 is 1.56 bits per heavy atom. The smallest absolute Gasteiger partial charge is 0.153 e. The molecule has 2 heterocycles. The van der Waals surface area contributed by atoms with Gasteiger partial charge in [-0.15, -0.1) is 0 Å². The third-order valence-electron chi connectivity index (χ3n) is 3.43. The molecule has 0 amide bonds. The van der Waals surface area contributed by atoms with Gasteiger partial charge < -0.3 is 10.2 Å². The molecule has 0 saturated carbocycles. The molecule has 2 rings (SSSR count). The summed E-state index contributed by atoms with van der Waals surface area (Å²) < 4.78 is 28.8. The lowest BCUT2D eigenvalue weighted by atomic mass is 10.1. The van der Waals surface area contributed by atoms with Crippen molar-refractivity contribution in [3.05, 3.63) is 23.7 Å². The molecule has 2 unspecified atom stereocenters. The first-order chi connectivity index (χ1) is 8.43. The van der Waals surface area contributed by atoms with Crippen LogP contribution in [-0.4, -0.2) is 44.0 Å². The maximum atomic E-state index is 11.6. The summed E-state index contributed by atoms with van der Waals surface area (Å²) in [4.78, 5) is 2.12. The molecule has 5 nitrogen and oxygen atoms in total. The standard InChI is InChI=1S/C12H20N2O3S/c1-9-8-18(15,16)6-5-14(9)11(7-13)12-4-3-10(2)17-12/h3-4,9,11H,5-8,13H2,1-2H3. The second-order valence-electron chi connectivity index (χ2n) is 4.90. The average Bonchev–Trinajstić information content (AvgIpc) is 2.68. The van der Waals surface area contributed by atoms with Crippen LogP contribution in [0.25, 0.3) is 0 Å². The summed E-state index contributed by atoms with van der Waals surface area (Å²) in [5, 5.41) is 0. The number of rotatable bonds is 3. The Morgan fingerprint density at radius 2 is 2.28 bits per heavy atom. The Morgan fingerprint density at radius 3 is 2.78 bits per heavy atom. The second-order valence-corrected chi connectivity index (χ2v) is 7.13. The van der Waals surface area contributed by atoms with Gasteiger partial charge in [0.25, 0.3) is 0 Å². The normalized spacial score (nSPS) is 26.1. The van der Waals surface area contributed by atoms with E-state index in [1.165, 1.54) is 0 Å². The SMILES string of the molecule is Cc1ccc(C(CN)N2CCS(=O)(=O)CC2C)o1. The van der Waals surface area contributed by atoms with Crippen LogP contribution in [0.4, 0.5) is 0 Å². The number of hydrogen-bond donors (Lipinski definition) is 1. The summed E-state index contributed by atoms with van der Waals surface area (Å²) >= 11 is 0. The Bertz CT molecular complexity index is 509. The van der Waals surface area contributed by atoms with Gasteiger partial charge in [-0.25, -0.2) is 8.42 Å². The number of aryl methyl sites for hydroxylation is 1. The van der Waals surface area contributed by atoms with Crippen molar-refractivity contribution in [2.45, 2.75) is 25.9 Å². The van der Waals surface area contributed by atoms with Gasteiger partial charge in [-0.3, -0.25) is 4.90 Å². The number of nitrogens with zero attached hydrogens (tertiary/aromatic N) is 1. The molecule has 102 valence electrons. The largest absolute Gasteiger partial charge is 0.465 e. The third kappa shape index (κ3) is 2.76. The first-order valence-corrected chi connectivity index (χ1v) is 7.97. The van der Waals surface area contributed by atoms with Crippen molar-refractivity contribution in [3.8, 4) is 0 Å². The van der Waals surface area contributed by atoms with Crippen LogP contribution >= 0.6 is 0 Å². The van der Waals surface area contributed by atoms with Gasteiger partial charge in [0.2, 0.25) is 0 Å². The fraction of sp³-hybridized carbons (Fsp3) is 0.667. The maximum Gasteiger partial charge on any atom is 0.153 e. The minimum atomic E-state index is -2.90. The maximum absolute atomic E-state index is 11.6. The highest BCUT2D eigenvalue weighted by molar-refractivity contribution is 7.91. The lowest BCUT2D eigenvalue weighted by molar-refractivity contribution is 0.143. The van der Waals surface area contributed by atoms with E-state index in [0.717, 1.165) is 11.5 Å². The van der Waals surface area contributed by atoms with Crippen LogP contribution in [-0.2, 0) is 9.84 Å². The van der Waals surface area contributed by atoms with Gasteiger partial charge in [-0.05, 0) is 26.0 Å². The van der Waals surface area contributed by atoms with Gasteiger partial charge in [-0.1, -0.05) is 0 Å². The molecule has 18 heavy (non-hydrogen) atoms. The molecule has 6 heteroatoms. The van der Waals surface area contributed by atoms with Crippen LogP contribution in [0.1, 0.15) is 24.5 Å². The van der Waals surface area contributed by atoms with Crippen molar-refractivity contribution in [2.75, 3.05) is 24.6 Å². The first kappa shape index (κ1) is 13.6. The highest BCUT2D eigenvalue weighted by Gasteiger charge is 2.33. The van der Waals surface area contributed by atoms with E-state index in [1.54, 1.807) is 0 Å². The van der Waals surface area contributed by atoms with Crippen molar-refractivity contribution in [1.82, 2.24) is 4.90 Å². The molecule has 1 aromatic rings. The van der Waals surface area contributed by atoms with Crippen molar-refractivity contribution in [3.63, 3.8) is 0 Å². The van der Waals surface area contributed by atoms with Crippen LogP contribution in [0.2, 0.25) is 0 Å². The summed E-state index contributed by atoms with van der Waals surface area (Å²) in [5.74, 6) is 2.07. The average molecular weight is 272 g/mol. The molecule has 2 N–H and O–H groups in total. The molecule has 1 aliphatic rings. The second kappa shape index (κ2) is 5.03. The zero-order valence-electron chi connectivity index (χ0n) is 10.8. The van der Waals surface area contributed by atoms with Crippen molar-refractivity contribution in [1.29, 1.82) is 0 Å². The lowest BCUT2D eigenvalue weighted by Gasteiger charge is -2.37. The molecule has 2 atom stereocenters. The van der Waals surface area contributed by atoms with Crippen LogP contribution in [0, 0.1) is 6.92 Å². The Hall–Kier alpha value is -0.850. The fourth-order valence-corrected chi connectivity index (χ4v) is 4.10. The van der Waals surface area contributed by atoms with E-state index < -0.39 is 9.84 Å². The zero-order chi connectivity index (χ0) is 13.3. The zero-order valence-corrected chi connectivity index (χ0v) is 11.6. The van der Waals surface area contributed by atoms with E-state index in [2.05, 4.69) is 4.90 Å². The molecule has 1 fully saturated rings. The molecule has 1 aromatic heterocycles. The molecule has 0 spiro atoms. The minimum Gasteiger partial charge on any atom is -0.465 e. The van der Waals surface area contributed by atoms with Crippen molar-refractivity contribution < 1.29 is 12.8 Å². The van der Waals surface area contributed by atoms with Crippen molar-refractivity contribution >= 4 is 9.84 Å². The Balaban J connectivity index is 2.19. The predicted molar refractivity (Wildman–Crippen MR) is 70.1 cm³/mol. The van der Waals surface area contributed by atoms with E-state index in [1.807, 2.05) is 26.0 Å². The highest BCUT2D eigenvalue weighted by Crippen LogP contribution is 2.26. The fourth-order valence-electron chi connectivity index (χ4n) is 2.52. The van der Waals surface area contributed by atoms with Gasteiger partial charge >= 0.3 is 0 Å². The molecular formula is C12H20N2O3S. The summed E-state index contributed by atoms with van der Waals surface area (Å²) in [6.07, 6.45) is 0. The Kier molecular flexibility index (Phi) is 3.79. The van der Waals surface area contributed by atoms with Crippen LogP contribution in [0.5, 0.6) is 0 Å². The van der Waals surface area contributed by atoms with Crippen LogP contribution < -0.4 is 5.73 Å². The van der Waals surface area contributed by atoms with Gasteiger partial charge in [0, 0.05) is 19.1 Å². The van der Waals surface area contributed by atoms with Gasteiger partial charge in [0.1, 0.15) is 11.5 Å². The van der Waals surface area contributed by atoms with Crippen LogP contribution in [0.15, 0.2) is 16.5 Å². The summed E-state index contributed by atoms with van der Waals surface area (Å²) in [7, 11) is -2.90. The lowest BCUT2D eigenvalue weighted by Crippen LogP contribution is -2.50. The number of sulfone groups is 1. The third-order valence-corrected chi connectivity index (χ3v) is 5.23. The molecule has 1 saturated heterocycles. The number of furan rings is 1. The number of hydrogen-bond acceptors (Lipinski definition) is 5. The van der Waals surface area contributed by atoms with E-state index in [9.17, 15) is 8.42 Å². The summed E-state index contributed by atoms with van der Waals surface area (Å²) in [5.41, 5.74) is 5.82. The molecule has 0 aliphatic carbocycles. The van der Waals surface area contributed by atoms with E-state index in [0.29, 0.717) is 13.1 Å². The van der Waals surface area contributed by atoms with Gasteiger partial charge in [-0.2, -0.15) is 0 Å². The van der Waals surface area contributed by atoms with Gasteiger partial charge in [0.05, 0.1) is 17.5 Å².